The predicted molar refractivity (Wildman–Crippen MR) is 228 cm³/mol. The summed E-state index contributed by atoms with van der Waals surface area (Å²) < 4.78 is 9.06. The van der Waals surface area contributed by atoms with Crippen molar-refractivity contribution in [2.75, 3.05) is 0 Å². The van der Waals surface area contributed by atoms with Crippen LogP contribution in [-0.4, -0.2) is 19.5 Å². The predicted octanol–water partition coefficient (Wildman–Crippen LogP) is 12.4. The van der Waals surface area contributed by atoms with Gasteiger partial charge in [0.25, 0.3) is 0 Å². The number of aromatic nitrogens is 4. The number of nitrogens with zero attached hydrogens (tertiary/aromatic N) is 4. The Morgan fingerprint density at radius 2 is 1.00 bits per heavy atom. The van der Waals surface area contributed by atoms with E-state index in [4.69, 9.17) is 19.7 Å². The third kappa shape index (κ3) is 4.54. The van der Waals surface area contributed by atoms with E-state index in [1.54, 1.807) is 0 Å². The molecule has 0 bridgehead atoms. The summed E-state index contributed by atoms with van der Waals surface area (Å²) in [6.07, 6.45) is 0. The van der Waals surface area contributed by atoms with Gasteiger partial charge >= 0.3 is 0 Å². The summed E-state index contributed by atoms with van der Waals surface area (Å²) in [4.78, 5) is 15.6. The van der Waals surface area contributed by atoms with E-state index in [0.29, 0.717) is 17.6 Å². The van der Waals surface area contributed by atoms with E-state index in [9.17, 15) is 0 Å². The van der Waals surface area contributed by atoms with Crippen molar-refractivity contribution in [3.8, 4) is 62.5 Å². The molecule has 57 heavy (non-hydrogen) atoms. The van der Waals surface area contributed by atoms with Crippen LogP contribution in [0.2, 0.25) is 0 Å². The zero-order chi connectivity index (χ0) is 37.5. The van der Waals surface area contributed by atoms with Crippen molar-refractivity contribution < 1.29 is 4.74 Å². The van der Waals surface area contributed by atoms with Crippen LogP contribution in [0.3, 0.4) is 0 Å². The minimum absolute atomic E-state index is 0.569. The maximum atomic E-state index is 6.79. The second-order valence-electron chi connectivity index (χ2n) is 14.7. The summed E-state index contributed by atoms with van der Waals surface area (Å²) in [5, 5.41) is 2.27. The van der Waals surface area contributed by atoms with Gasteiger partial charge in [-0.25, -0.2) is 4.98 Å². The highest BCUT2D eigenvalue weighted by Gasteiger charge is 2.52. The molecule has 3 heterocycles. The van der Waals surface area contributed by atoms with Gasteiger partial charge in [0.05, 0.1) is 16.4 Å². The van der Waals surface area contributed by atoms with Crippen molar-refractivity contribution in [1.82, 2.24) is 19.5 Å². The Hall–Kier alpha value is -7.63. The van der Waals surface area contributed by atoms with Gasteiger partial charge in [-0.15, -0.1) is 0 Å². The first-order valence-electron chi connectivity index (χ1n) is 19.3. The fourth-order valence-electron chi connectivity index (χ4n) is 9.35. The van der Waals surface area contributed by atoms with Gasteiger partial charge < -0.3 is 4.74 Å². The second-order valence-corrected chi connectivity index (χ2v) is 14.7. The van der Waals surface area contributed by atoms with Gasteiger partial charge in [0.15, 0.2) is 11.6 Å². The first-order chi connectivity index (χ1) is 28.3. The molecule has 10 aromatic rings. The monoisotopic (exact) mass is 728 g/mol. The Labute approximate surface area is 329 Å². The SMILES string of the molecule is c1ccc(-c2ccc3c(c2)C2(c4ccccc4O3)c3ccccc3-c3c2ccc2c4ccccc4n(-c4nc(-c5ccccc5)nc(-c5ccccc5)n4)c32)cc1. The fourth-order valence-corrected chi connectivity index (χ4v) is 9.35. The molecule has 1 aliphatic heterocycles. The average molecular weight is 729 g/mol. The third-order valence-electron chi connectivity index (χ3n) is 11.7. The smallest absolute Gasteiger partial charge is 0.238 e. The lowest BCUT2D eigenvalue weighted by atomic mass is 9.65. The van der Waals surface area contributed by atoms with Crippen LogP contribution in [0.4, 0.5) is 0 Å². The molecule has 2 aromatic heterocycles. The van der Waals surface area contributed by atoms with Crippen LogP contribution in [0.1, 0.15) is 22.3 Å². The van der Waals surface area contributed by atoms with Crippen molar-refractivity contribution >= 4 is 21.8 Å². The van der Waals surface area contributed by atoms with Crippen molar-refractivity contribution in [2.24, 2.45) is 0 Å². The lowest BCUT2D eigenvalue weighted by molar-refractivity contribution is 0.436. The summed E-state index contributed by atoms with van der Waals surface area (Å²) in [5.41, 5.74) is 12.6. The molecule has 8 aromatic carbocycles. The van der Waals surface area contributed by atoms with E-state index in [1.165, 1.54) is 16.7 Å². The van der Waals surface area contributed by atoms with Crippen LogP contribution < -0.4 is 4.74 Å². The maximum Gasteiger partial charge on any atom is 0.238 e. The van der Waals surface area contributed by atoms with Crippen molar-refractivity contribution in [3.05, 3.63) is 216 Å². The summed E-state index contributed by atoms with van der Waals surface area (Å²) in [5.74, 6) is 3.53. The van der Waals surface area contributed by atoms with Gasteiger partial charge in [0.1, 0.15) is 11.5 Å². The van der Waals surface area contributed by atoms with Crippen LogP contribution in [0.15, 0.2) is 194 Å². The first-order valence-corrected chi connectivity index (χ1v) is 19.3. The zero-order valence-corrected chi connectivity index (χ0v) is 30.7. The minimum Gasteiger partial charge on any atom is -0.457 e. The van der Waals surface area contributed by atoms with E-state index < -0.39 is 5.41 Å². The molecular weight excluding hydrogens is 697 g/mol. The molecule has 5 heteroatoms. The lowest BCUT2D eigenvalue weighted by Crippen LogP contribution is -2.32. The first kappa shape index (κ1) is 31.7. The number of ether oxygens (including phenoxy) is 1. The summed E-state index contributed by atoms with van der Waals surface area (Å²) in [6.45, 7) is 0. The Morgan fingerprint density at radius 3 is 1.74 bits per heavy atom. The second kappa shape index (κ2) is 12.2. The molecule has 0 radical (unpaired) electrons. The van der Waals surface area contributed by atoms with E-state index in [-0.39, 0.29) is 0 Å². The highest BCUT2D eigenvalue weighted by molar-refractivity contribution is 6.16. The molecule has 1 aliphatic carbocycles. The summed E-state index contributed by atoms with van der Waals surface area (Å²) in [7, 11) is 0. The largest absolute Gasteiger partial charge is 0.457 e. The molecule has 266 valence electrons. The summed E-state index contributed by atoms with van der Waals surface area (Å²) >= 11 is 0. The topological polar surface area (TPSA) is 52.8 Å². The molecule has 0 saturated heterocycles. The number of para-hydroxylation sites is 2. The molecule has 12 rings (SSSR count). The Morgan fingerprint density at radius 1 is 0.404 bits per heavy atom. The van der Waals surface area contributed by atoms with Gasteiger partial charge in [-0.2, -0.15) is 9.97 Å². The highest BCUT2D eigenvalue weighted by atomic mass is 16.5. The molecule has 0 saturated carbocycles. The van der Waals surface area contributed by atoms with Crippen molar-refractivity contribution in [2.45, 2.75) is 5.41 Å². The molecule has 0 amide bonds. The molecule has 1 atom stereocenters. The molecule has 5 nitrogen and oxygen atoms in total. The van der Waals surface area contributed by atoms with E-state index in [1.807, 2.05) is 36.4 Å². The molecule has 0 fully saturated rings. The highest BCUT2D eigenvalue weighted by Crippen LogP contribution is 2.63. The van der Waals surface area contributed by atoms with Gasteiger partial charge in [-0.05, 0) is 52.1 Å². The number of fused-ring (bicyclic) bond motifs is 13. The van der Waals surface area contributed by atoms with Crippen LogP contribution in [0.5, 0.6) is 11.5 Å². The standard InChI is InChI=1S/C52H32N4O/c1-4-16-33(17-5-1)36-28-31-46-43(32-36)52(41-25-13-15-27-45(41)57-46)40-24-12-10-23-39(40)47-42(52)30-29-38-37-22-11-14-26-44(37)56(48(38)47)51-54-49(34-18-6-2-7-19-34)53-50(55-51)35-20-8-3-9-21-35/h1-32H. The van der Waals surface area contributed by atoms with Gasteiger partial charge in [-0.3, -0.25) is 4.57 Å². The van der Waals surface area contributed by atoms with Gasteiger partial charge in [0.2, 0.25) is 5.95 Å². The van der Waals surface area contributed by atoms with E-state index in [2.05, 4.69) is 162 Å². The molecule has 0 N–H and O–H groups in total. The normalized spacial score (nSPS) is 14.9. The van der Waals surface area contributed by atoms with Crippen LogP contribution >= 0.6 is 0 Å². The number of hydrogen-bond acceptors (Lipinski definition) is 4. The maximum absolute atomic E-state index is 6.79. The molecule has 1 spiro atoms. The zero-order valence-electron chi connectivity index (χ0n) is 30.7. The number of rotatable bonds is 4. The lowest BCUT2D eigenvalue weighted by Gasteiger charge is -2.39. The Kier molecular flexibility index (Phi) is 6.78. The van der Waals surface area contributed by atoms with Crippen molar-refractivity contribution in [3.63, 3.8) is 0 Å². The Balaban J connectivity index is 1.23. The van der Waals surface area contributed by atoms with Gasteiger partial charge in [0, 0.05) is 38.6 Å². The number of benzene rings is 8. The van der Waals surface area contributed by atoms with Crippen molar-refractivity contribution in [1.29, 1.82) is 0 Å². The average Bonchev–Trinajstić information content (AvgIpc) is 3.78. The fraction of sp³-hybridized carbons (Fsp3) is 0.0192. The Bertz CT molecular complexity index is 3150. The third-order valence-corrected chi connectivity index (χ3v) is 11.7. The van der Waals surface area contributed by atoms with Crippen LogP contribution in [-0.2, 0) is 5.41 Å². The summed E-state index contributed by atoms with van der Waals surface area (Å²) in [6, 6.07) is 68.3. The van der Waals surface area contributed by atoms with E-state index >= 15 is 0 Å². The molecule has 1 unspecified atom stereocenters. The quantitative estimate of drug-likeness (QED) is 0.181. The molecular formula is C52H32N4O. The number of hydrogen-bond donors (Lipinski definition) is 0. The van der Waals surface area contributed by atoms with Crippen LogP contribution in [0.25, 0.3) is 72.8 Å². The molecule has 2 aliphatic rings. The van der Waals surface area contributed by atoms with Gasteiger partial charge in [-0.1, -0.05) is 170 Å². The minimum atomic E-state index is -0.667. The van der Waals surface area contributed by atoms with Crippen LogP contribution in [0, 0.1) is 0 Å². The van der Waals surface area contributed by atoms with E-state index in [0.717, 1.165) is 72.2 Å².